The van der Waals surface area contributed by atoms with Crippen LogP contribution in [-0.2, 0) is 10.2 Å². The summed E-state index contributed by atoms with van der Waals surface area (Å²) < 4.78 is 0. The summed E-state index contributed by atoms with van der Waals surface area (Å²) in [6, 6.07) is 7.25. The van der Waals surface area contributed by atoms with Crippen molar-refractivity contribution >= 4 is 17.5 Å². The summed E-state index contributed by atoms with van der Waals surface area (Å²) in [5.41, 5.74) is -0.0423. The van der Waals surface area contributed by atoms with Gasteiger partial charge in [0.25, 0.3) is 0 Å². The highest BCUT2D eigenvalue weighted by atomic mass is 35.5. The number of hydrogen-bond acceptors (Lipinski definition) is 2. The maximum absolute atomic E-state index is 12.3. The van der Waals surface area contributed by atoms with Crippen LogP contribution in [0.15, 0.2) is 24.3 Å². The van der Waals surface area contributed by atoms with E-state index >= 15 is 0 Å². The van der Waals surface area contributed by atoms with Gasteiger partial charge >= 0.3 is 0 Å². The Kier molecular flexibility index (Phi) is 3.93. The third-order valence-corrected chi connectivity index (χ3v) is 4.07. The minimum Gasteiger partial charge on any atom is -0.392 e. The molecule has 4 heteroatoms. The average Bonchev–Trinajstić information content (AvgIpc) is 2.38. The molecule has 2 rings (SSSR count). The van der Waals surface area contributed by atoms with Crippen LogP contribution >= 0.6 is 11.6 Å². The second-order valence-electron chi connectivity index (χ2n) is 4.82. The van der Waals surface area contributed by atoms with Crippen LogP contribution in [0.3, 0.4) is 0 Å². The van der Waals surface area contributed by atoms with Gasteiger partial charge in [0.15, 0.2) is 0 Å². The molecule has 1 aliphatic carbocycles. The van der Waals surface area contributed by atoms with Crippen LogP contribution in [0.5, 0.6) is 0 Å². The van der Waals surface area contributed by atoms with Gasteiger partial charge in [-0.3, -0.25) is 4.79 Å². The van der Waals surface area contributed by atoms with Crippen LogP contribution in [0.2, 0.25) is 5.02 Å². The Morgan fingerprint density at radius 1 is 1.50 bits per heavy atom. The van der Waals surface area contributed by atoms with Crippen LogP contribution in [0.25, 0.3) is 0 Å². The number of rotatable bonds is 2. The maximum Gasteiger partial charge on any atom is 0.233 e. The molecule has 0 aliphatic heterocycles. The number of halogens is 1. The van der Waals surface area contributed by atoms with Crippen molar-refractivity contribution in [2.24, 2.45) is 0 Å². The SMILES string of the molecule is CNC(=O)[C@]1(c2cccc(Cl)c2)CCCC[C@H]1O. The van der Waals surface area contributed by atoms with Gasteiger partial charge < -0.3 is 10.4 Å². The smallest absolute Gasteiger partial charge is 0.233 e. The molecule has 2 atom stereocenters. The van der Waals surface area contributed by atoms with Gasteiger partial charge in [0.05, 0.1) is 11.5 Å². The third-order valence-electron chi connectivity index (χ3n) is 3.84. The first-order valence-corrected chi connectivity index (χ1v) is 6.65. The molecule has 0 saturated heterocycles. The van der Waals surface area contributed by atoms with Gasteiger partial charge in [0, 0.05) is 12.1 Å². The molecule has 3 nitrogen and oxygen atoms in total. The number of hydrogen-bond donors (Lipinski definition) is 2. The van der Waals surface area contributed by atoms with Gasteiger partial charge in [-0.15, -0.1) is 0 Å². The number of nitrogens with one attached hydrogen (secondary N) is 1. The first kappa shape index (κ1) is 13.4. The van der Waals surface area contributed by atoms with Crippen LogP contribution < -0.4 is 5.32 Å². The van der Waals surface area contributed by atoms with E-state index < -0.39 is 11.5 Å². The van der Waals surface area contributed by atoms with E-state index in [-0.39, 0.29) is 5.91 Å². The lowest BCUT2D eigenvalue weighted by Gasteiger charge is -2.40. The van der Waals surface area contributed by atoms with E-state index in [1.165, 1.54) is 0 Å². The van der Waals surface area contributed by atoms with Gasteiger partial charge in [0.1, 0.15) is 0 Å². The zero-order valence-corrected chi connectivity index (χ0v) is 11.2. The van der Waals surface area contributed by atoms with Crippen molar-refractivity contribution in [1.82, 2.24) is 5.32 Å². The van der Waals surface area contributed by atoms with Gasteiger partial charge in [-0.25, -0.2) is 0 Å². The fraction of sp³-hybridized carbons (Fsp3) is 0.500. The Bertz CT molecular complexity index is 449. The summed E-state index contributed by atoms with van der Waals surface area (Å²) >= 11 is 6.01. The zero-order chi connectivity index (χ0) is 13.2. The predicted molar refractivity (Wildman–Crippen MR) is 71.7 cm³/mol. The van der Waals surface area contributed by atoms with Gasteiger partial charge in [-0.2, -0.15) is 0 Å². The number of carbonyl (C=O) groups excluding carboxylic acids is 1. The molecule has 0 bridgehead atoms. The average molecular weight is 268 g/mol. The Morgan fingerprint density at radius 2 is 2.28 bits per heavy atom. The highest BCUT2D eigenvalue weighted by molar-refractivity contribution is 6.30. The highest BCUT2D eigenvalue weighted by Crippen LogP contribution is 2.40. The maximum atomic E-state index is 12.3. The number of benzene rings is 1. The second kappa shape index (κ2) is 5.29. The molecule has 1 saturated carbocycles. The van der Waals surface area contributed by atoms with E-state index in [2.05, 4.69) is 5.32 Å². The van der Waals surface area contributed by atoms with Crippen LogP contribution in [0, 0.1) is 0 Å². The number of aliphatic hydroxyl groups is 1. The lowest BCUT2D eigenvalue weighted by atomic mass is 9.66. The molecule has 1 amide bonds. The summed E-state index contributed by atoms with van der Waals surface area (Å²) in [6.45, 7) is 0. The van der Waals surface area contributed by atoms with Crippen molar-refractivity contribution < 1.29 is 9.90 Å². The topological polar surface area (TPSA) is 49.3 Å². The minimum absolute atomic E-state index is 0.128. The van der Waals surface area contributed by atoms with Crippen LogP contribution in [-0.4, -0.2) is 24.2 Å². The van der Waals surface area contributed by atoms with E-state index in [9.17, 15) is 9.90 Å². The standard InChI is InChI=1S/C14H18ClNO2/c1-16-13(18)14(8-3-2-7-12(14)17)10-5-4-6-11(15)9-10/h4-6,9,12,17H,2-3,7-8H2,1H3,(H,16,18)/t12-,14+/m1/s1. The second-order valence-corrected chi connectivity index (χ2v) is 5.26. The van der Waals surface area contributed by atoms with Crippen molar-refractivity contribution in [2.75, 3.05) is 7.05 Å². The number of aliphatic hydroxyl groups excluding tert-OH is 1. The molecule has 2 N–H and O–H groups in total. The Balaban J connectivity index is 2.51. The van der Waals surface area contributed by atoms with Crippen molar-refractivity contribution in [3.05, 3.63) is 34.9 Å². The van der Waals surface area contributed by atoms with E-state index in [1.807, 2.05) is 12.1 Å². The third kappa shape index (κ3) is 2.13. The first-order valence-electron chi connectivity index (χ1n) is 6.27. The Hall–Kier alpha value is -1.06. The van der Waals surface area contributed by atoms with E-state index in [0.29, 0.717) is 17.9 Å². The molecule has 0 spiro atoms. The molecule has 18 heavy (non-hydrogen) atoms. The summed E-state index contributed by atoms with van der Waals surface area (Å²) in [6.07, 6.45) is 2.57. The molecule has 0 unspecified atom stereocenters. The van der Waals surface area contributed by atoms with Gasteiger partial charge in [-0.1, -0.05) is 36.6 Å². The fourth-order valence-electron chi connectivity index (χ4n) is 2.88. The molecule has 0 radical (unpaired) electrons. The molecule has 1 aromatic carbocycles. The fourth-order valence-corrected chi connectivity index (χ4v) is 3.07. The highest BCUT2D eigenvalue weighted by Gasteiger charge is 2.47. The normalized spacial score (nSPS) is 27.8. The largest absolute Gasteiger partial charge is 0.392 e. The Labute approximate surface area is 112 Å². The van der Waals surface area contributed by atoms with Crippen molar-refractivity contribution in [3.8, 4) is 0 Å². The van der Waals surface area contributed by atoms with E-state index in [1.54, 1.807) is 19.2 Å². The molecule has 0 aromatic heterocycles. The number of amides is 1. The van der Waals surface area contributed by atoms with E-state index in [0.717, 1.165) is 18.4 Å². The van der Waals surface area contributed by atoms with Crippen LogP contribution in [0.1, 0.15) is 31.2 Å². The molecule has 1 aromatic rings. The van der Waals surface area contributed by atoms with Crippen molar-refractivity contribution in [1.29, 1.82) is 0 Å². The summed E-state index contributed by atoms with van der Waals surface area (Å²) in [4.78, 5) is 12.3. The minimum atomic E-state index is -0.849. The van der Waals surface area contributed by atoms with Crippen molar-refractivity contribution in [3.63, 3.8) is 0 Å². The van der Waals surface area contributed by atoms with Crippen molar-refractivity contribution in [2.45, 2.75) is 37.2 Å². The number of carbonyl (C=O) groups is 1. The summed E-state index contributed by atoms with van der Waals surface area (Å²) in [7, 11) is 1.61. The van der Waals surface area contributed by atoms with Crippen LogP contribution in [0.4, 0.5) is 0 Å². The first-order chi connectivity index (χ1) is 8.61. The zero-order valence-electron chi connectivity index (χ0n) is 10.4. The molecule has 1 aliphatic rings. The summed E-state index contributed by atoms with van der Waals surface area (Å²) in [5, 5.41) is 13.6. The monoisotopic (exact) mass is 267 g/mol. The number of likely N-dealkylation sites (N-methyl/N-ethyl adjacent to an activating group) is 1. The van der Waals surface area contributed by atoms with Gasteiger partial charge in [-0.05, 0) is 30.5 Å². The molecule has 1 fully saturated rings. The molecule has 98 valence electrons. The quantitative estimate of drug-likeness (QED) is 0.864. The molecular formula is C14H18ClNO2. The molecule has 0 heterocycles. The predicted octanol–water partition coefficient (Wildman–Crippen LogP) is 2.26. The lowest BCUT2D eigenvalue weighted by molar-refractivity contribution is -0.132. The summed E-state index contributed by atoms with van der Waals surface area (Å²) in [5.74, 6) is -0.128. The van der Waals surface area contributed by atoms with Gasteiger partial charge in [0.2, 0.25) is 5.91 Å². The molecular weight excluding hydrogens is 250 g/mol. The lowest BCUT2D eigenvalue weighted by Crippen LogP contribution is -2.53. The Morgan fingerprint density at radius 3 is 2.89 bits per heavy atom. The van der Waals surface area contributed by atoms with E-state index in [4.69, 9.17) is 11.6 Å².